The quantitative estimate of drug-likeness (QED) is 0.0262. The van der Waals surface area contributed by atoms with Crippen LogP contribution in [-0.4, -0.2) is 37.2 Å². The summed E-state index contributed by atoms with van der Waals surface area (Å²) in [6.07, 6.45) is 68.2. The van der Waals surface area contributed by atoms with Crippen molar-refractivity contribution in [2.24, 2.45) is 0 Å². The first kappa shape index (κ1) is 64.4. The van der Waals surface area contributed by atoms with Crippen LogP contribution in [0.15, 0.2) is 48.6 Å². The Balaban J connectivity index is 4.41. The van der Waals surface area contributed by atoms with E-state index in [1.54, 1.807) is 0 Å². The Morgan fingerprint density at radius 2 is 0.552 bits per heavy atom. The van der Waals surface area contributed by atoms with Crippen molar-refractivity contribution in [1.82, 2.24) is 0 Å². The predicted octanol–water partition coefficient (Wildman–Crippen LogP) is 19.4. The molecule has 390 valence electrons. The van der Waals surface area contributed by atoms with Crippen LogP contribution in [0.5, 0.6) is 0 Å². The topological polar surface area (TPSA) is 78.9 Å². The molecule has 0 amide bonds. The molecule has 1 unspecified atom stereocenters. The molecular weight excluding hydrogens is 829 g/mol. The number of unbranched alkanes of at least 4 members (excludes halogenated alkanes) is 34. The zero-order valence-electron chi connectivity index (χ0n) is 44.7. The molecule has 0 aromatic carbocycles. The molecule has 0 bridgehead atoms. The Morgan fingerprint density at radius 3 is 0.896 bits per heavy atom. The van der Waals surface area contributed by atoms with Crippen molar-refractivity contribution in [3.63, 3.8) is 0 Å². The Bertz CT molecular complexity index is 1170. The van der Waals surface area contributed by atoms with Gasteiger partial charge in [0.2, 0.25) is 0 Å². The first-order valence-electron chi connectivity index (χ1n) is 29.1. The monoisotopic (exact) mass is 939 g/mol. The Kier molecular flexibility index (Phi) is 53.8. The summed E-state index contributed by atoms with van der Waals surface area (Å²) in [7, 11) is 0. The Morgan fingerprint density at radius 1 is 0.299 bits per heavy atom. The molecule has 1 atom stereocenters. The molecule has 6 heteroatoms. The van der Waals surface area contributed by atoms with Gasteiger partial charge in [-0.1, -0.05) is 256 Å². The van der Waals surface area contributed by atoms with Crippen molar-refractivity contribution >= 4 is 17.9 Å². The van der Waals surface area contributed by atoms with Crippen molar-refractivity contribution in [1.29, 1.82) is 0 Å². The second-order valence-corrected chi connectivity index (χ2v) is 19.6. The second kappa shape index (κ2) is 56.0. The minimum atomic E-state index is -0.799. The molecule has 0 spiro atoms. The maximum atomic E-state index is 12.8. The predicted molar refractivity (Wildman–Crippen MR) is 289 cm³/mol. The number of esters is 3. The van der Waals surface area contributed by atoms with E-state index in [0.717, 1.165) is 57.8 Å². The SMILES string of the molecule is CCCCCCCC/C=C\C/C=C\C/C=C\CCCC(=O)OC(COC(=O)CCCCCCCCC/C=C\CCCCCCCCCC)COC(=O)CCCCCCCCCCCCCCC. The third kappa shape index (κ3) is 54.2. The van der Waals surface area contributed by atoms with Gasteiger partial charge < -0.3 is 14.2 Å². The fraction of sp³-hybridized carbons (Fsp3) is 0.820. The fourth-order valence-electron chi connectivity index (χ4n) is 8.40. The van der Waals surface area contributed by atoms with Crippen LogP contribution in [0.2, 0.25) is 0 Å². The summed E-state index contributed by atoms with van der Waals surface area (Å²) >= 11 is 0. The van der Waals surface area contributed by atoms with E-state index in [1.165, 1.54) is 199 Å². The van der Waals surface area contributed by atoms with Crippen molar-refractivity contribution in [2.75, 3.05) is 13.2 Å². The summed E-state index contributed by atoms with van der Waals surface area (Å²) in [5.41, 5.74) is 0. The van der Waals surface area contributed by atoms with Gasteiger partial charge in [-0.2, -0.15) is 0 Å². The molecule has 0 aliphatic heterocycles. The third-order valence-corrected chi connectivity index (χ3v) is 12.8. The molecule has 67 heavy (non-hydrogen) atoms. The van der Waals surface area contributed by atoms with Gasteiger partial charge >= 0.3 is 17.9 Å². The Hall–Kier alpha value is -2.63. The molecule has 0 fully saturated rings. The molecule has 0 N–H and O–H groups in total. The normalized spacial score (nSPS) is 12.3. The molecule has 6 nitrogen and oxygen atoms in total. The molecule has 0 saturated carbocycles. The summed E-state index contributed by atoms with van der Waals surface area (Å²) in [5.74, 6) is -0.935. The third-order valence-electron chi connectivity index (χ3n) is 12.8. The average molecular weight is 940 g/mol. The van der Waals surface area contributed by atoms with E-state index in [0.29, 0.717) is 19.3 Å². The summed E-state index contributed by atoms with van der Waals surface area (Å²) in [6.45, 7) is 6.62. The standard InChI is InChI=1S/C61H110O6/c1-4-7-10-13-16-19-22-25-27-29-30-32-33-36-39-42-45-48-51-54-60(63)66-57-58(56-65-59(62)53-50-47-44-41-38-35-24-21-18-15-12-9-6-3)67-61(64)55-52-49-46-43-40-37-34-31-28-26-23-20-17-14-11-8-5-2/h26,28-30,34,37,43,46,58H,4-25,27,31-33,35-36,38-42,44-45,47-57H2,1-3H3/b28-26-,30-29-,37-34-,46-43-. The van der Waals surface area contributed by atoms with Gasteiger partial charge in [-0.15, -0.1) is 0 Å². The number of ether oxygens (including phenoxy) is 3. The minimum absolute atomic E-state index is 0.0915. The summed E-state index contributed by atoms with van der Waals surface area (Å²) in [5, 5.41) is 0. The van der Waals surface area contributed by atoms with Crippen LogP contribution < -0.4 is 0 Å². The first-order valence-corrected chi connectivity index (χ1v) is 29.1. The lowest BCUT2D eigenvalue weighted by molar-refractivity contribution is -0.167. The maximum absolute atomic E-state index is 12.8. The number of hydrogen-bond acceptors (Lipinski definition) is 6. The summed E-state index contributed by atoms with van der Waals surface area (Å²) < 4.78 is 16.8. The van der Waals surface area contributed by atoms with Crippen LogP contribution in [0.25, 0.3) is 0 Å². The van der Waals surface area contributed by atoms with E-state index in [1.807, 2.05) is 0 Å². The van der Waals surface area contributed by atoms with E-state index in [2.05, 4.69) is 69.4 Å². The Labute approximate surface area is 416 Å². The average Bonchev–Trinajstić information content (AvgIpc) is 3.33. The lowest BCUT2D eigenvalue weighted by atomic mass is 10.0. The molecule has 0 saturated heterocycles. The van der Waals surface area contributed by atoms with E-state index in [-0.39, 0.29) is 37.5 Å². The molecule has 0 aromatic rings. The van der Waals surface area contributed by atoms with E-state index >= 15 is 0 Å². The van der Waals surface area contributed by atoms with Crippen LogP contribution in [0.3, 0.4) is 0 Å². The van der Waals surface area contributed by atoms with Gasteiger partial charge in [0, 0.05) is 19.3 Å². The number of carbonyl (C=O) groups excluding carboxylic acids is 3. The molecular formula is C61H110O6. The largest absolute Gasteiger partial charge is 0.462 e. The lowest BCUT2D eigenvalue weighted by Gasteiger charge is -2.18. The van der Waals surface area contributed by atoms with E-state index < -0.39 is 6.10 Å². The first-order chi connectivity index (χ1) is 33.0. The molecule has 0 aromatic heterocycles. The molecule has 0 rings (SSSR count). The smallest absolute Gasteiger partial charge is 0.306 e. The van der Waals surface area contributed by atoms with Crippen LogP contribution in [-0.2, 0) is 28.6 Å². The van der Waals surface area contributed by atoms with Gasteiger partial charge in [0.1, 0.15) is 13.2 Å². The van der Waals surface area contributed by atoms with Gasteiger partial charge in [-0.05, 0) is 77.0 Å². The van der Waals surface area contributed by atoms with Crippen LogP contribution in [0.1, 0.15) is 303 Å². The minimum Gasteiger partial charge on any atom is -0.462 e. The van der Waals surface area contributed by atoms with E-state index in [9.17, 15) is 14.4 Å². The number of carbonyl (C=O) groups is 3. The highest BCUT2D eigenvalue weighted by Gasteiger charge is 2.19. The van der Waals surface area contributed by atoms with Gasteiger partial charge in [0.05, 0.1) is 0 Å². The summed E-state index contributed by atoms with van der Waals surface area (Å²) in [4.78, 5) is 38.1. The van der Waals surface area contributed by atoms with Crippen LogP contribution >= 0.6 is 0 Å². The van der Waals surface area contributed by atoms with Crippen molar-refractivity contribution < 1.29 is 28.6 Å². The lowest BCUT2D eigenvalue weighted by Crippen LogP contribution is -2.30. The number of rotatable bonds is 53. The molecule has 0 aliphatic carbocycles. The van der Waals surface area contributed by atoms with Crippen LogP contribution in [0, 0.1) is 0 Å². The van der Waals surface area contributed by atoms with Crippen LogP contribution in [0.4, 0.5) is 0 Å². The molecule has 0 radical (unpaired) electrons. The van der Waals surface area contributed by atoms with E-state index in [4.69, 9.17) is 14.2 Å². The number of hydrogen-bond donors (Lipinski definition) is 0. The van der Waals surface area contributed by atoms with Gasteiger partial charge in [0.25, 0.3) is 0 Å². The van der Waals surface area contributed by atoms with Gasteiger partial charge in [-0.25, -0.2) is 0 Å². The van der Waals surface area contributed by atoms with Crippen molar-refractivity contribution in [2.45, 2.75) is 309 Å². The zero-order chi connectivity index (χ0) is 48.6. The highest BCUT2D eigenvalue weighted by molar-refractivity contribution is 5.71. The molecule has 0 aliphatic rings. The second-order valence-electron chi connectivity index (χ2n) is 19.6. The summed E-state index contributed by atoms with van der Waals surface area (Å²) in [6, 6.07) is 0. The fourth-order valence-corrected chi connectivity index (χ4v) is 8.40. The maximum Gasteiger partial charge on any atom is 0.306 e. The van der Waals surface area contributed by atoms with Gasteiger partial charge in [-0.3, -0.25) is 14.4 Å². The highest BCUT2D eigenvalue weighted by atomic mass is 16.6. The van der Waals surface area contributed by atoms with Gasteiger partial charge in [0.15, 0.2) is 6.10 Å². The molecule has 0 heterocycles. The van der Waals surface area contributed by atoms with Crippen molar-refractivity contribution in [3.05, 3.63) is 48.6 Å². The highest BCUT2D eigenvalue weighted by Crippen LogP contribution is 2.16. The van der Waals surface area contributed by atoms with Crippen molar-refractivity contribution in [3.8, 4) is 0 Å². The zero-order valence-corrected chi connectivity index (χ0v) is 44.7. The number of allylic oxidation sites excluding steroid dienone is 8.